The summed E-state index contributed by atoms with van der Waals surface area (Å²) in [5.74, 6) is -0.406. The second-order valence-electron chi connectivity index (χ2n) is 4.64. The van der Waals surface area contributed by atoms with Crippen molar-refractivity contribution >= 4 is 22.2 Å². The molecule has 0 unspecified atom stereocenters. The number of amides is 1. The lowest BCUT2D eigenvalue weighted by molar-refractivity contribution is 0.0949. The van der Waals surface area contributed by atoms with Gasteiger partial charge in [-0.15, -0.1) is 11.3 Å². The van der Waals surface area contributed by atoms with Crippen LogP contribution in [0.2, 0.25) is 0 Å². The molecule has 2 heterocycles. The number of nitrogens with one attached hydrogen (secondary N) is 1. The number of benzene rings is 1. The Kier molecular flexibility index (Phi) is 3.53. The summed E-state index contributed by atoms with van der Waals surface area (Å²) in [4.78, 5) is 29.2. The van der Waals surface area contributed by atoms with E-state index in [9.17, 15) is 9.59 Å². The van der Waals surface area contributed by atoms with Crippen molar-refractivity contribution in [3.05, 3.63) is 69.1 Å². The third kappa shape index (κ3) is 2.57. The standard InChI is InChI=1S/C15H13N3O2S/c1-10-9-21-15-17-8-12(14(20)18(10)15)13(19)16-7-11-5-3-2-4-6-11/h2-6,8-9H,7H2,1H3,(H,16,19). The minimum Gasteiger partial charge on any atom is -0.348 e. The number of rotatable bonds is 3. The fraction of sp³-hybridized carbons (Fsp3) is 0.133. The zero-order valence-corrected chi connectivity index (χ0v) is 12.2. The van der Waals surface area contributed by atoms with Gasteiger partial charge in [-0.05, 0) is 12.5 Å². The number of nitrogens with zero attached hydrogens (tertiary/aromatic N) is 2. The van der Waals surface area contributed by atoms with Crippen molar-refractivity contribution in [2.75, 3.05) is 0 Å². The largest absolute Gasteiger partial charge is 0.348 e. The van der Waals surface area contributed by atoms with Gasteiger partial charge in [-0.25, -0.2) is 4.98 Å². The zero-order valence-electron chi connectivity index (χ0n) is 11.4. The molecule has 0 bridgehead atoms. The van der Waals surface area contributed by atoms with Crippen molar-refractivity contribution in [1.82, 2.24) is 14.7 Å². The van der Waals surface area contributed by atoms with Gasteiger partial charge < -0.3 is 5.32 Å². The molecule has 0 spiro atoms. The lowest BCUT2D eigenvalue weighted by Crippen LogP contribution is -2.31. The van der Waals surface area contributed by atoms with Crippen LogP contribution in [-0.4, -0.2) is 15.3 Å². The van der Waals surface area contributed by atoms with Gasteiger partial charge in [-0.3, -0.25) is 14.0 Å². The predicted octanol–water partition coefficient (Wildman–Crippen LogP) is 1.99. The van der Waals surface area contributed by atoms with E-state index in [0.717, 1.165) is 11.3 Å². The highest BCUT2D eigenvalue weighted by Crippen LogP contribution is 2.11. The lowest BCUT2D eigenvalue weighted by atomic mass is 10.2. The third-order valence-corrected chi connectivity index (χ3v) is 4.11. The first-order chi connectivity index (χ1) is 10.2. The van der Waals surface area contributed by atoms with Gasteiger partial charge in [-0.2, -0.15) is 0 Å². The number of aryl methyl sites for hydroxylation is 1. The number of thiazole rings is 1. The molecule has 0 saturated heterocycles. The summed E-state index contributed by atoms with van der Waals surface area (Å²) in [7, 11) is 0. The van der Waals surface area contributed by atoms with Gasteiger partial charge in [0.05, 0.1) is 0 Å². The van der Waals surface area contributed by atoms with Gasteiger partial charge in [0.1, 0.15) is 5.56 Å². The van der Waals surface area contributed by atoms with E-state index in [1.807, 2.05) is 42.6 Å². The molecule has 0 fully saturated rings. The Morgan fingerprint density at radius 2 is 2.10 bits per heavy atom. The molecule has 1 amide bonds. The Morgan fingerprint density at radius 1 is 1.33 bits per heavy atom. The fourth-order valence-electron chi connectivity index (χ4n) is 2.05. The Bertz CT molecular complexity index is 852. The van der Waals surface area contributed by atoms with E-state index in [1.54, 1.807) is 0 Å². The number of carbonyl (C=O) groups excluding carboxylic acids is 1. The van der Waals surface area contributed by atoms with Crippen LogP contribution >= 0.6 is 11.3 Å². The van der Waals surface area contributed by atoms with Gasteiger partial charge in [0.15, 0.2) is 4.96 Å². The Balaban J connectivity index is 1.86. The van der Waals surface area contributed by atoms with Crippen molar-refractivity contribution in [2.24, 2.45) is 0 Å². The minimum atomic E-state index is -0.406. The molecule has 2 aromatic heterocycles. The van der Waals surface area contributed by atoms with Crippen LogP contribution in [0.3, 0.4) is 0 Å². The molecule has 106 valence electrons. The summed E-state index contributed by atoms with van der Waals surface area (Å²) in [5, 5.41) is 4.59. The van der Waals surface area contributed by atoms with Gasteiger partial charge in [0.25, 0.3) is 11.5 Å². The topological polar surface area (TPSA) is 63.5 Å². The average Bonchev–Trinajstić information content (AvgIpc) is 2.88. The quantitative estimate of drug-likeness (QED) is 0.804. The minimum absolute atomic E-state index is 0.0601. The average molecular weight is 299 g/mol. The molecule has 3 rings (SSSR count). The highest BCUT2D eigenvalue weighted by Gasteiger charge is 2.14. The van der Waals surface area contributed by atoms with Gasteiger partial charge in [0.2, 0.25) is 0 Å². The first kappa shape index (κ1) is 13.5. The zero-order chi connectivity index (χ0) is 14.8. The highest BCUT2D eigenvalue weighted by molar-refractivity contribution is 7.15. The number of hydrogen-bond donors (Lipinski definition) is 1. The first-order valence-electron chi connectivity index (χ1n) is 6.45. The van der Waals surface area contributed by atoms with Crippen LogP contribution in [0.4, 0.5) is 0 Å². The van der Waals surface area contributed by atoms with Gasteiger partial charge >= 0.3 is 0 Å². The van der Waals surface area contributed by atoms with E-state index >= 15 is 0 Å². The van der Waals surface area contributed by atoms with Crippen molar-refractivity contribution in [3.8, 4) is 0 Å². The maximum absolute atomic E-state index is 12.3. The Labute approximate surface area is 124 Å². The van der Waals surface area contributed by atoms with Crippen molar-refractivity contribution < 1.29 is 4.79 Å². The summed E-state index contributed by atoms with van der Waals surface area (Å²) in [6.45, 7) is 2.20. The number of hydrogen-bond acceptors (Lipinski definition) is 4. The molecular formula is C15H13N3O2S. The maximum Gasteiger partial charge on any atom is 0.271 e. The van der Waals surface area contributed by atoms with Crippen LogP contribution in [0, 0.1) is 6.92 Å². The molecule has 0 aliphatic heterocycles. The van der Waals surface area contributed by atoms with Crippen LogP contribution in [0.25, 0.3) is 4.96 Å². The molecular weight excluding hydrogens is 286 g/mol. The van der Waals surface area contributed by atoms with E-state index in [1.165, 1.54) is 21.9 Å². The third-order valence-electron chi connectivity index (χ3n) is 3.16. The van der Waals surface area contributed by atoms with Crippen LogP contribution in [0.15, 0.2) is 46.7 Å². The van der Waals surface area contributed by atoms with E-state index < -0.39 is 5.91 Å². The predicted molar refractivity (Wildman–Crippen MR) is 81.7 cm³/mol. The van der Waals surface area contributed by atoms with Gasteiger partial charge in [0, 0.05) is 23.8 Å². The van der Waals surface area contributed by atoms with Crippen LogP contribution < -0.4 is 10.9 Å². The molecule has 0 radical (unpaired) electrons. The van der Waals surface area contributed by atoms with E-state index in [4.69, 9.17) is 0 Å². The van der Waals surface area contributed by atoms with E-state index in [-0.39, 0.29) is 11.1 Å². The van der Waals surface area contributed by atoms with Crippen molar-refractivity contribution in [1.29, 1.82) is 0 Å². The second-order valence-corrected chi connectivity index (χ2v) is 5.48. The molecule has 3 aromatic rings. The Hall–Kier alpha value is -2.47. The van der Waals surface area contributed by atoms with Crippen LogP contribution in [0.1, 0.15) is 21.6 Å². The maximum atomic E-state index is 12.3. The summed E-state index contributed by atoms with van der Waals surface area (Å²) in [6.07, 6.45) is 1.34. The molecule has 5 nitrogen and oxygen atoms in total. The summed E-state index contributed by atoms with van der Waals surface area (Å²) in [5.41, 5.74) is 1.49. The van der Waals surface area contributed by atoms with E-state index in [0.29, 0.717) is 11.5 Å². The SMILES string of the molecule is Cc1csc2ncc(C(=O)NCc3ccccc3)c(=O)n12. The fourth-order valence-corrected chi connectivity index (χ4v) is 2.88. The molecule has 0 aliphatic rings. The molecule has 1 N–H and O–H groups in total. The molecule has 21 heavy (non-hydrogen) atoms. The second kappa shape index (κ2) is 5.49. The normalized spacial score (nSPS) is 10.7. The first-order valence-corrected chi connectivity index (χ1v) is 7.33. The van der Waals surface area contributed by atoms with E-state index in [2.05, 4.69) is 10.3 Å². The molecule has 0 aliphatic carbocycles. The summed E-state index contributed by atoms with van der Waals surface area (Å²) in [6, 6.07) is 9.54. The summed E-state index contributed by atoms with van der Waals surface area (Å²) < 4.78 is 1.46. The number of fused-ring (bicyclic) bond motifs is 1. The molecule has 1 aromatic carbocycles. The van der Waals surface area contributed by atoms with Crippen molar-refractivity contribution in [3.63, 3.8) is 0 Å². The smallest absolute Gasteiger partial charge is 0.271 e. The van der Waals surface area contributed by atoms with Gasteiger partial charge in [-0.1, -0.05) is 30.3 Å². The number of carbonyl (C=O) groups is 1. The lowest BCUT2D eigenvalue weighted by Gasteiger charge is -2.05. The monoisotopic (exact) mass is 299 g/mol. The Morgan fingerprint density at radius 3 is 2.86 bits per heavy atom. The van der Waals surface area contributed by atoms with Crippen LogP contribution in [-0.2, 0) is 6.54 Å². The van der Waals surface area contributed by atoms with Crippen molar-refractivity contribution in [2.45, 2.75) is 13.5 Å². The number of aromatic nitrogens is 2. The van der Waals surface area contributed by atoms with Crippen LogP contribution in [0.5, 0.6) is 0 Å². The molecule has 6 heteroatoms. The summed E-state index contributed by atoms with van der Waals surface area (Å²) >= 11 is 1.38. The highest BCUT2D eigenvalue weighted by atomic mass is 32.1. The molecule has 0 saturated carbocycles. The molecule has 0 atom stereocenters.